The number of carbonyl (C=O) groups is 3. The zero-order valence-electron chi connectivity index (χ0n) is 14.0. The average Bonchev–Trinajstić information content (AvgIpc) is 2.97. The van der Waals surface area contributed by atoms with Crippen molar-refractivity contribution >= 4 is 57.0 Å². The number of carbonyl (C=O) groups excluding carboxylic acids is 3. The predicted octanol–water partition coefficient (Wildman–Crippen LogP) is 0.661. The lowest BCUT2D eigenvalue weighted by molar-refractivity contribution is -0.126. The van der Waals surface area contributed by atoms with E-state index in [0.29, 0.717) is 21.0 Å². The Morgan fingerprint density at radius 2 is 2.07 bits per heavy atom. The van der Waals surface area contributed by atoms with Crippen molar-refractivity contribution in [3.05, 3.63) is 46.2 Å². The normalized spacial score (nSPS) is 13.9. The molecule has 10 heteroatoms. The van der Waals surface area contributed by atoms with Crippen LogP contribution in [0.1, 0.15) is 10.4 Å². The van der Waals surface area contributed by atoms with E-state index in [0.717, 1.165) is 6.07 Å². The number of ether oxygens (including phenoxy) is 1. The number of nitrogens with zero attached hydrogens (tertiary/aromatic N) is 1. The molecule has 1 saturated heterocycles. The van der Waals surface area contributed by atoms with Crippen LogP contribution in [0.2, 0.25) is 0 Å². The van der Waals surface area contributed by atoms with E-state index in [-0.39, 0.29) is 24.6 Å². The van der Waals surface area contributed by atoms with Crippen LogP contribution in [0, 0.1) is 0 Å². The minimum atomic E-state index is -0.764. The third-order valence-electron chi connectivity index (χ3n) is 3.80. The number of esters is 1. The number of hydrogen-bond donors (Lipinski definition) is 2. The standard InChI is InChI=1S/C17H15N3O5S2/c21-13-7-11(10-3-1-2-4-12(10)19-13)16(24)25-8-14(22)18-5-6-20-15(23)9-27-17(20)26/h1-4,7H,5-6,8-9H2,(H,18,22)(H,19,21). The van der Waals surface area contributed by atoms with Gasteiger partial charge in [-0.3, -0.25) is 19.3 Å². The van der Waals surface area contributed by atoms with E-state index in [1.807, 2.05) is 0 Å². The van der Waals surface area contributed by atoms with Gasteiger partial charge in [-0.05, 0) is 6.07 Å². The van der Waals surface area contributed by atoms with Crippen molar-refractivity contribution in [2.24, 2.45) is 0 Å². The van der Waals surface area contributed by atoms with Crippen molar-refractivity contribution in [1.29, 1.82) is 0 Å². The molecule has 2 N–H and O–H groups in total. The minimum absolute atomic E-state index is 0.0900. The lowest BCUT2D eigenvalue weighted by atomic mass is 10.1. The van der Waals surface area contributed by atoms with Gasteiger partial charge in [0.05, 0.1) is 11.3 Å². The quantitative estimate of drug-likeness (QED) is 0.537. The van der Waals surface area contributed by atoms with Gasteiger partial charge >= 0.3 is 5.97 Å². The van der Waals surface area contributed by atoms with Crippen LogP contribution in [-0.2, 0) is 14.3 Å². The molecule has 3 rings (SSSR count). The highest BCUT2D eigenvalue weighted by molar-refractivity contribution is 8.23. The van der Waals surface area contributed by atoms with Crippen LogP contribution in [0.4, 0.5) is 0 Å². The first-order valence-corrected chi connectivity index (χ1v) is 9.38. The van der Waals surface area contributed by atoms with Crippen LogP contribution < -0.4 is 10.9 Å². The molecule has 2 heterocycles. The van der Waals surface area contributed by atoms with Gasteiger partial charge in [-0.1, -0.05) is 42.2 Å². The maximum atomic E-state index is 12.3. The van der Waals surface area contributed by atoms with Crippen molar-refractivity contribution in [2.45, 2.75) is 0 Å². The lowest BCUT2D eigenvalue weighted by Crippen LogP contribution is -2.38. The van der Waals surface area contributed by atoms with Gasteiger partial charge in [0, 0.05) is 30.1 Å². The van der Waals surface area contributed by atoms with Crippen LogP contribution in [0.5, 0.6) is 0 Å². The number of benzene rings is 1. The van der Waals surface area contributed by atoms with E-state index in [9.17, 15) is 19.2 Å². The predicted molar refractivity (Wildman–Crippen MR) is 105 cm³/mol. The van der Waals surface area contributed by atoms with Gasteiger partial charge in [-0.15, -0.1) is 0 Å². The molecule has 0 unspecified atom stereocenters. The van der Waals surface area contributed by atoms with Crippen LogP contribution in [0.3, 0.4) is 0 Å². The summed E-state index contributed by atoms with van der Waals surface area (Å²) < 4.78 is 5.49. The number of fused-ring (bicyclic) bond motifs is 1. The summed E-state index contributed by atoms with van der Waals surface area (Å²) in [5.41, 5.74) is 0.159. The van der Waals surface area contributed by atoms with E-state index >= 15 is 0 Å². The van der Waals surface area contributed by atoms with E-state index in [1.165, 1.54) is 16.7 Å². The summed E-state index contributed by atoms with van der Waals surface area (Å²) in [5.74, 6) is -1.05. The zero-order chi connectivity index (χ0) is 19.4. The number of hydrogen-bond acceptors (Lipinski definition) is 7. The molecule has 1 aromatic carbocycles. The van der Waals surface area contributed by atoms with Gasteiger partial charge in [0.15, 0.2) is 6.61 Å². The number of nitrogens with one attached hydrogen (secondary N) is 2. The molecule has 8 nitrogen and oxygen atoms in total. The number of aromatic nitrogens is 1. The Morgan fingerprint density at radius 3 is 2.81 bits per heavy atom. The first-order valence-electron chi connectivity index (χ1n) is 7.99. The van der Waals surface area contributed by atoms with E-state index in [2.05, 4.69) is 10.3 Å². The first kappa shape index (κ1) is 19.1. The highest BCUT2D eigenvalue weighted by atomic mass is 32.2. The molecular weight excluding hydrogens is 390 g/mol. The number of rotatable bonds is 6. The van der Waals surface area contributed by atoms with Crippen molar-refractivity contribution in [2.75, 3.05) is 25.4 Å². The Labute approximate surface area is 163 Å². The Kier molecular flexibility index (Phi) is 5.87. The van der Waals surface area contributed by atoms with Crippen molar-refractivity contribution in [1.82, 2.24) is 15.2 Å². The molecule has 1 aromatic heterocycles. The Bertz CT molecular complexity index is 972. The molecule has 1 aliphatic rings. The number of H-pyrrole nitrogens is 1. The molecule has 1 fully saturated rings. The SMILES string of the molecule is O=C(COC(=O)c1cc(=O)[nH]c2ccccc12)NCCN1C(=O)CSC1=S. The molecule has 0 spiro atoms. The fourth-order valence-corrected chi connectivity index (χ4v) is 3.66. The number of aromatic amines is 1. The number of para-hydroxylation sites is 1. The maximum absolute atomic E-state index is 12.3. The van der Waals surface area contributed by atoms with Gasteiger partial charge in [0.1, 0.15) is 4.32 Å². The number of thioether (sulfide) groups is 1. The second-order valence-corrected chi connectivity index (χ2v) is 7.23. The number of amides is 2. The number of pyridine rings is 1. The molecule has 0 bridgehead atoms. The summed E-state index contributed by atoms with van der Waals surface area (Å²) in [7, 11) is 0. The maximum Gasteiger partial charge on any atom is 0.339 e. The third-order valence-corrected chi connectivity index (χ3v) is 5.24. The second kappa shape index (κ2) is 8.31. The molecule has 1 aliphatic heterocycles. The van der Waals surface area contributed by atoms with Crippen molar-refractivity contribution in [3.63, 3.8) is 0 Å². The van der Waals surface area contributed by atoms with Crippen LogP contribution >= 0.6 is 24.0 Å². The summed E-state index contributed by atoms with van der Waals surface area (Å²) >= 11 is 6.33. The fraction of sp³-hybridized carbons (Fsp3) is 0.235. The largest absolute Gasteiger partial charge is 0.452 e. The van der Waals surface area contributed by atoms with Gasteiger partial charge in [-0.2, -0.15) is 0 Å². The minimum Gasteiger partial charge on any atom is -0.452 e. The molecule has 0 saturated carbocycles. The van der Waals surface area contributed by atoms with E-state index in [1.54, 1.807) is 24.3 Å². The first-order chi connectivity index (χ1) is 13.0. The van der Waals surface area contributed by atoms with E-state index < -0.39 is 24.0 Å². The number of thiocarbonyl (C=S) groups is 1. The van der Waals surface area contributed by atoms with E-state index in [4.69, 9.17) is 17.0 Å². The highest BCUT2D eigenvalue weighted by Gasteiger charge is 2.26. The van der Waals surface area contributed by atoms with Gasteiger partial charge in [-0.25, -0.2) is 4.79 Å². The summed E-state index contributed by atoms with van der Waals surface area (Å²) in [5, 5.41) is 3.09. The summed E-state index contributed by atoms with van der Waals surface area (Å²) in [6, 6.07) is 7.95. The molecular formula is C17H15N3O5S2. The van der Waals surface area contributed by atoms with Crippen molar-refractivity contribution < 1.29 is 19.1 Å². The third kappa shape index (κ3) is 4.52. The topological polar surface area (TPSA) is 109 Å². The zero-order valence-corrected chi connectivity index (χ0v) is 15.7. The summed E-state index contributed by atoms with van der Waals surface area (Å²) in [6.45, 7) is -0.0348. The average molecular weight is 405 g/mol. The Hall–Kier alpha value is -2.72. The second-order valence-electron chi connectivity index (χ2n) is 5.62. The van der Waals surface area contributed by atoms with Gasteiger partial charge < -0.3 is 15.0 Å². The molecule has 27 heavy (non-hydrogen) atoms. The fourth-order valence-electron chi connectivity index (χ4n) is 2.54. The highest BCUT2D eigenvalue weighted by Crippen LogP contribution is 2.18. The molecule has 2 amide bonds. The molecule has 0 aliphatic carbocycles. The summed E-state index contributed by atoms with van der Waals surface area (Å²) in [4.78, 5) is 51.4. The van der Waals surface area contributed by atoms with Gasteiger partial charge in [0.25, 0.3) is 5.91 Å². The van der Waals surface area contributed by atoms with Crippen LogP contribution in [-0.4, -0.2) is 57.4 Å². The summed E-state index contributed by atoms with van der Waals surface area (Å²) in [6.07, 6.45) is 0. The van der Waals surface area contributed by atoms with Crippen LogP contribution in [0.25, 0.3) is 10.9 Å². The molecule has 140 valence electrons. The van der Waals surface area contributed by atoms with Crippen LogP contribution in [0.15, 0.2) is 35.1 Å². The van der Waals surface area contributed by atoms with Gasteiger partial charge in [0.2, 0.25) is 11.5 Å². The smallest absolute Gasteiger partial charge is 0.339 e. The van der Waals surface area contributed by atoms with Crippen molar-refractivity contribution in [3.8, 4) is 0 Å². The monoisotopic (exact) mass is 405 g/mol. The molecule has 2 aromatic rings. The lowest BCUT2D eigenvalue weighted by Gasteiger charge is -2.15. The molecule has 0 atom stereocenters. The molecule has 0 radical (unpaired) electrons. The Balaban J connectivity index is 1.53. The Morgan fingerprint density at radius 1 is 1.30 bits per heavy atom.